The van der Waals surface area contributed by atoms with E-state index in [4.69, 9.17) is 4.74 Å². The van der Waals surface area contributed by atoms with Crippen LogP contribution in [0.1, 0.15) is 23.8 Å². The van der Waals surface area contributed by atoms with Crippen LogP contribution in [0, 0.1) is 0 Å². The molecule has 24 heavy (non-hydrogen) atoms. The van der Waals surface area contributed by atoms with Crippen molar-refractivity contribution in [3.63, 3.8) is 0 Å². The van der Waals surface area contributed by atoms with Crippen LogP contribution in [0.25, 0.3) is 0 Å². The Morgan fingerprint density at radius 2 is 2.17 bits per heavy atom. The van der Waals surface area contributed by atoms with Crippen LogP contribution < -0.4 is 4.90 Å². The van der Waals surface area contributed by atoms with Crippen LogP contribution in [0.2, 0.25) is 0 Å². The number of nitrogens with zero attached hydrogens (tertiary/aromatic N) is 4. The van der Waals surface area contributed by atoms with Crippen molar-refractivity contribution in [2.45, 2.75) is 19.4 Å². The molecule has 3 rings (SSSR count). The number of hydrogen-bond donors (Lipinski definition) is 0. The van der Waals surface area contributed by atoms with E-state index in [-0.39, 0.29) is 23.5 Å². The van der Waals surface area contributed by atoms with E-state index in [1.807, 2.05) is 11.8 Å². The molecule has 0 spiro atoms. The summed E-state index contributed by atoms with van der Waals surface area (Å²) in [7, 11) is -2.99. The Balaban J connectivity index is 1.79. The highest BCUT2D eigenvalue weighted by atomic mass is 32.2. The molecule has 1 amide bonds. The fourth-order valence-electron chi connectivity index (χ4n) is 3.12. The molecule has 2 saturated heterocycles. The third kappa shape index (κ3) is 3.67. The number of rotatable bonds is 4. The number of sulfone groups is 1. The first kappa shape index (κ1) is 17.1. The van der Waals surface area contributed by atoms with Gasteiger partial charge in [0.1, 0.15) is 5.69 Å². The molecule has 9 heteroatoms. The summed E-state index contributed by atoms with van der Waals surface area (Å²) in [4.78, 5) is 24.8. The van der Waals surface area contributed by atoms with Crippen LogP contribution in [0.4, 0.5) is 5.95 Å². The molecule has 0 N–H and O–H groups in total. The minimum atomic E-state index is -2.99. The van der Waals surface area contributed by atoms with Gasteiger partial charge in [0.2, 0.25) is 5.95 Å². The summed E-state index contributed by atoms with van der Waals surface area (Å²) >= 11 is 0. The maximum atomic E-state index is 12.6. The summed E-state index contributed by atoms with van der Waals surface area (Å²) < 4.78 is 28.7. The summed E-state index contributed by atoms with van der Waals surface area (Å²) in [6.07, 6.45) is 2.13. The van der Waals surface area contributed by atoms with Crippen LogP contribution >= 0.6 is 0 Å². The predicted octanol–water partition coefficient (Wildman–Crippen LogP) is -0.0376. The lowest BCUT2D eigenvalue weighted by molar-refractivity contribution is 0.0299. The van der Waals surface area contributed by atoms with E-state index in [1.165, 1.54) is 0 Å². The Bertz CT molecular complexity index is 703. The fraction of sp³-hybridized carbons (Fsp3) is 0.667. The minimum Gasteiger partial charge on any atom is -0.378 e. The maximum Gasteiger partial charge on any atom is 0.272 e. The normalized spacial score (nSPS) is 23.2. The zero-order valence-corrected chi connectivity index (χ0v) is 14.5. The zero-order valence-electron chi connectivity index (χ0n) is 13.7. The predicted molar refractivity (Wildman–Crippen MR) is 88.8 cm³/mol. The highest BCUT2D eigenvalue weighted by Crippen LogP contribution is 2.21. The van der Waals surface area contributed by atoms with Crippen molar-refractivity contribution < 1.29 is 17.9 Å². The van der Waals surface area contributed by atoms with Gasteiger partial charge in [-0.3, -0.25) is 4.79 Å². The number of morpholine rings is 1. The van der Waals surface area contributed by atoms with Gasteiger partial charge in [-0.2, -0.15) is 0 Å². The number of carbonyl (C=O) groups is 1. The number of ether oxygens (including phenoxy) is 1. The second-order valence-corrected chi connectivity index (χ2v) is 8.22. The lowest BCUT2D eigenvalue weighted by Crippen LogP contribution is -2.41. The van der Waals surface area contributed by atoms with Crippen molar-refractivity contribution in [2.75, 3.05) is 49.3 Å². The average Bonchev–Trinajstić information content (AvgIpc) is 2.95. The van der Waals surface area contributed by atoms with Crippen molar-refractivity contribution in [3.8, 4) is 0 Å². The van der Waals surface area contributed by atoms with Gasteiger partial charge in [0, 0.05) is 31.9 Å². The number of hydrogen-bond acceptors (Lipinski definition) is 7. The van der Waals surface area contributed by atoms with Gasteiger partial charge in [0.15, 0.2) is 9.84 Å². The molecule has 1 atom stereocenters. The Morgan fingerprint density at radius 3 is 2.79 bits per heavy atom. The first-order valence-electron chi connectivity index (χ1n) is 8.17. The van der Waals surface area contributed by atoms with Gasteiger partial charge < -0.3 is 14.5 Å². The second-order valence-electron chi connectivity index (χ2n) is 5.99. The Morgan fingerprint density at radius 1 is 1.42 bits per heavy atom. The topological polar surface area (TPSA) is 92.7 Å². The van der Waals surface area contributed by atoms with Crippen molar-refractivity contribution in [1.82, 2.24) is 14.9 Å². The number of anilines is 1. The minimum absolute atomic E-state index is 0.117. The smallest absolute Gasteiger partial charge is 0.272 e. The highest BCUT2D eigenvalue weighted by Gasteiger charge is 2.33. The van der Waals surface area contributed by atoms with Crippen LogP contribution in [0.3, 0.4) is 0 Å². The van der Waals surface area contributed by atoms with E-state index in [2.05, 4.69) is 9.97 Å². The van der Waals surface area contributed by atoms with Gasteiger partial charge in [-0.25, -0.2) is 18.4 Å². The van der Waals surface area contributed by atoms with E-state index >= 15 is 0 Å². The standard InChI is InChI=1S/C15H22N4O4S/c1-2-19(12-4-10-24(21,22)11-12)15-16-5-3-13(17-15)14(20)18-6-8-23-9-7-18/h3,5,12H,2,4,6-11H2,1H3. The molecule has 2 fully saturated rings. The lowest BCUT2D eigenvalue weighted by atomic mass is 10.2. The van der Waals surface area contributed by atoms with E-state index in [0.29, 0.717) is 50.9 Å². The zero-order chi connectivity index (χ0) is 17.2. The molecule has 2 aliphatic heterocycles. The van der Waals surface area contributed by atoms with E-state index in [9.17, 15) is 13.2 Å². The third-order valence-corrected chi connectivity index (χ3v) is 6.16. The Labute approximate surface area is 141 Å². The molecule has 0 aromatic carbocycles. The van der Waals surface area contributed by atoms with Crippen LogP contribution in [0.15, 0.2) is 12.3 Å². The molecule has 132 valence electrons. The van der Waals surface area contributed by atoms with Crippen LogP contribution in [-0.2, 0) is 14.6 Å². The lowest BCUT2D eigenvalue weighted by Gasteiger charge is -2.28. The van der Waals surface area contributed by atoms with E-state index < -0.39 is 9.84 Å². The van der Waals surface area contributed by atoms with Crippen LogP contribution in [-0.4, -0.2) is 79.6 Å². The summed E-state index contributed by atoms with van der Waals surface area (Å²) in [5.74, 6) is 0.586. The van der Waals surface area contributed by atoms with Gasteiger partial charge in [0.25, 0.3) is 5.91 Å². The number of amides is 1. The average molecular weight is 354 g/mol. The fourth-order valence-corrected chi connectivity index (χ4v) is 4.85. The first-order chi connectivity index (χ1) is 11.5. The molecule has 0 aliphatic carbocycles. The second kappa shape index (κ2) is 7.02. The number of aromatic nitrogens is 2. The molecule has 0 radical (unpaired) electrons. The highest BCUT2D eigenvalue weighted by molar-refractivity contribution is 7.91. The molecular formula is C15H22N4O4S. The van der Waals surface area contributed by atoms with Crippen molar-refractivity contribution >= 4 is 21.7 Å². The molecule has 2 aliphatic rings. The third-order valence-electron chi connectivity index (χ3n) is 4.41. The van der Waals surface area contributed by atoms with Crippen molar-refractivity contribution in [2.24, 2.45) is 0 Å². The molecule has 1 aromatic rings. The van der Waals surface area contributed by atoms with Crippen LogP contribution in [0.5, 0.6) is 0 Å². The van der Waals surface area contributed by atoms with Crippen molar-refractivity contribution in [3.05, 3.63) is 18.0 Å². The molecule has 8 nitrogen and oxygen atoms in total. The molecule has 3 heterocycles. The van der Waals surface area contributed by atoms with Gasteiger partial charge in [-0.15, -0.1) is 0 Å². The Kier molecular flexibility index (Phi) is 5.00. The van der Waals surface area contributed by atoms with Gasteiger partial charge in [-0.1, -0.05) is 0 Å². The first-order valence-corrected chi connectivity index (χ1v) is 9.99. The SMILES string of the molecule is CCN(c1nccc(C(=O)N2CCOCC2)n1)C1CCS(=O)(=O)C1. The summed E-state index contributed by atoms with van der Waals surface area (Å²) in [6, 6.07) is 1.47. The van der Waals surface area contributed by atoms with Gasteiger partial charge in [0.05, 0.1) is 24.7 Å². The van der Waals surface area contributed by atoms with E-state index in [1.54, 1.807) is 17.2 Å². The summed E-state index contributed by atoms with van der Waals surface area (Å²) in [5.41, 5.74) is 0.334. The van der Waals surface area contributed by atoms with E-state index in [0.717, 1.165) is 0 Å². The van der Waals surface area contributed by atoms with Crippen molar-refractivity contribution in [1.29, 1.82) is 0 Å². The molecule has 1 aromatic heterocycles. The molecule has 0 bridgehead atoms. The molecule has 1 unspecified atom stereocenters. The summed E-state index contributed by atoms with van der Waals surface area (Å²) in [5, 5.41) is 0. The molecular weight excluding hydrogens is 332 g/mol. The quantitative estimate of drug-likeness (QED) is 0.749. The monoisotopic (exact) mass is 354 g/mol. The van der Waals surface area contributed by atoms with Gasteiger partial charge in [-0.05, 0) is 19.4 Å². The summed E-state index contributed by atoms with van der Waals surface area (Å²) in [6.45, 7) is 4.70. The van der Waals surface area contributed by atoms with Gasteiger partial charge >= 0.3 is 0 Å². The molecule has 0 saturated carbocycles. The largest absolute Gasteiger partial charge is 0.378 e. The maximum absolute atomic E-state index is 12.6. The number of carbonyl (C=O) groups excluding carboxylic acids is 1. The Hall–Kier alpha value is -1.74.